The maximum atomic E-state index is 12.5. The number of nitrogens with zero attached hydrogens (tertiary/aromatic N) is 1. The minimum atomic E-state index is -4.41. The van der Waals surface area contributed by atoms with Gasteiger partial charge in [-0.1, -0.05) is 6.07 Å². The lowest BCUT2D eigenvalue weighted by Crippen LogP contribution is -2.48. The van der Waals surface area contributed by atoms with E-state index in [-0.39, 0.29) is 24.1 Å². The molecule has 1 heterocycles. The highest BCUT2D eigenvalue weighted by molar-refractivity contribution is 5.89. The van der Waals surface area contributed by atoms with Crippen LogP contribution >= 0.6 is 12.4 Å². The summed E-state index contributed by atoms with van der Waals surface area (Å²) in [5.74, 6) is 0. The van der Waals surface area contributed by atoms with Gasteiger partial charge in [-0.2, -0.15) is 13.2 Å². The van der Waals surface area contributed by atoms with Crippen LogP contribution in [0, 0.1) is 0 Å². The Hall–Kier alpha value is -1.47. The van der Waals surface area contributed by atoms with Crippen molar-refractivity contribution in [2.45, 2.75) is 6.18 Å². The van der Waals surface area contributed by atoms with Crippen LogP contribution in [0.5, 0.6) is 0 Å². The maximum absolute atomic E-state index is 12.5. The first-order chi connectivity index (χ1) is 8.97. The Morgan fingerprint density at radius 1 is 1.25 bits per heavy atom. The summed E-state index contributed by atoms with van der Waals surface area (Å²) in [6.07, 6.45) is -4.41. The first-order valence-electron chi connectivity index (χ1n) is 5.91. The lowest BCUT2D eigenvalue weighted by Gasteiger charge is -2.27. The molecule has 0 aromatic heterocycles. The van der Waals surface area contributed by atoms with Gasteiger partial charge in [-0.05, 0) is 18.2 Å². The summed E-state index contributed by atoms with van der Waals surface area (Å²) < 4.78 is 37.6. The van der Waals surface area contributed by atoms with Gasteiger partial charge in [-0.15, -0.1) is 12.4 Å². The van der Waals surface area contributed by atoms with Crippen LogP contribution in [0.15, 0.2) is 24.3 Å². The zero-order valence-corrected chi connectivity index (χ0v) is 11.4. The van der Waals surface area contributed by atoms with Crippen LogP contribution in [0.25, 0.3) is 0 Å². The third kappa shape index (κ3) is 4.28. The van der Waals surface area contributed by atoms with Gasteiger partial charge in [-0.25, -0.2) is 4.79 Å². The lowest BCUT2D eigenvalue weighted by atomic mass is 10.2. The average Bonchev–Trinajstić information content (AvgIpc) is 2.39. The Balaban J connectivity index is 0.00000200. The number of carbonyl (C=O) groups excluding carboxylic acids is 1. The van der Waals surface area contributed by atoms with Gasteiger partial charge in [0.1, 0.15) is 0 Å². The van der Waals surface area contributed by atoms with Crippen LogP contribution in [0.4, 0.5) is 23.7 Å². The number of anilines is 1. The van der Waals surface area contributed by atoms with Crippen molar-refractivity contribution >= 4 is 24.1 Å². The monoisotopic (exact) mass is 309 g/mol. The fourth-order valence-electron chi connectivity index (χ4n) is 1.84. The molecule has 1 aliphatic heterocycles. The molecule has 1 fully saturated rings. The third-order valence-corrected chi connectivity index (χ3v) is 2.85. The molecule has 1 aliphatic rings. The molecule has 1 saturated heterocycles. The van der Waals surface area contributed by atoms with Crippen LogP contribution in [0.3, 0.4) is 0 Å². The van der Waals surface area contributed by atoms with E-state index in [1.807, 2.05) is 0 Å². The van der Waals surface area contributed by atoms with Crippen molar-refractivity contribution in [2.75, 3.05) is 31.5 Å². The Bertz CT molecular complexity index is 462. The molecule has 0 atom stereocenters. The number of piperazine rings is 1. The van der Waals surface area contributed by atoms with Crippen molar-refractivity contribution in [3.05, 3.63) is 29.8 Å². The van der Waals surface area contributed by atoms with Crippen LogP contribution in [-0.4, -0.2) is 37.1 Å². The van der Waals surface area contributed by atoms with E-state index in [4.69, 9.17) is 0 Å². The van der Waals surface area contributed by atoms with Crippen molar-refractivity contribution in [3.8, 4) is 0 Å². The van der Waals surface area contributed by atoms with Gasteiger partial charge in [0.05, 0.1) is 5.56 Å². The van der Waals surface area contributed by atoms with Gasteiger partial charge in [-0.3, -0.25) is 0 Å². The molecular weight excluding hydrogens is 295 g/mol. The SMILES string of the molecule is Cl.O=C(Nc1cccc(C(F)(F)F)c1)N1CCNCC1. The van der Waals surface area contributed by atoms with Gasteiger partial charge in [0.25, 0.3) is 0 Å². The second-order valence-electron chi connectivity index (χ2n) is 4.25. The van der Waals surface area contributed by atoms with Gasteiger partial charge < -0.3 is 15.5 Å². The number of halogens is 4. The quantitative estimate of drug-likeness (QED) is 0.837. The number of hydrogen-bond acceptors (Lipinski definition) is 2. The van der Waals surface area contributed by atoms with Crippen LogP contribution in [0.2, 0.25) is 0 Å². The summed E-state index contributed by atoms with van der Waals surface area (Å²) in [6, 6.07) is 4.24. The number of alkyl halides is 3. The molecule has 20 heavy (non-hydrogen) atoms. The fourth-order valence-corrected chi connectivity index (χ4v) is 1.84. The number of rotatable bonds is 1. The van der Waals surface area contributed by atoms with Gasteiger partial charge in [0, 0.05) is 31.9 Å². The predicted octanol–water partition coefficient (Wildman–Crippen LogP) is 2.56. The number of urea groups is 1. The van der Waals surface area contributed by atoms with Crippen molar-refractivity contribution in [3.63, 3.8) is 0 Å². The summed E-state index contributed by atoms with van der Waals surface area (Å²) >= 11 is 0. The maximum Gasteiger partial charge on any atom is 0.416 e. The molecule has 0 saturated carbocycles. The smallest absolute Gasteiger partial charge is 0.322 e. The summed E-state index contributed by atoms with van der Waals surface area (Å²) in [5, 5.41) is 5.58. The Morgan fingerprint density at radius 2 is 1.90 bits per heavy atom. The Labute approximate surface area is 120 Å². The minimum absolute atomic E-state index is 0. The largest absolute Gasteiger partial charge is 0.416 e. The summed E-state index contributed by atoms with van der Waals surface area (Å²) in [7, 11) is 0. The molecule has 1 aromatic carbocycles. The van der Waals surface area contributed by atoms with Crippen LogP contribution < -0.4 is 10.6 Å². The molecule has 1 aromatic rings. The molecule has 0 bridgehead atoms. The zero-order chi connectivity index (χ0) is 13.9. The topological polar surface area (TPSA) is 44.4 Å². The zero-order valence-electron chi connectivity index (χ0n) is 10.5. The van der Waals surface area contributed by atoms with E-state index in [2.05, 4.69) is 10.6 Å². The van der Waals surface area contributed by atoms with E-state index in [0.29, 0.717) is 26.2 Å². The Morgan fingerprint density at radius 3 is 2.50 bits per heavy atom. The second-order valence-corrected chi connectivity index (χ2v) is 4.25. The summed E-state index contributed by atoms with van der Waals surface area (Å²) in [6.45, 7) is 2.47. The normalized spacial score (nSPS) is 15.4. The first kappa shape index (κ1) is 16.6. The van der Waals surface area contributed by atoms with E-state index < -0.39 is 11.7 Å². The molecule has 0 unspecified atom stereocenters. The Kier molecular flexibility index (Phi) is 5.64. The van der Waals surface area contributed by atoms with Gasteiger partial charge in [0.2, 0.25) is 0 Å². The van der Waals surface area contributed by atoms with Crippen molar-refractivity contribution < 1.29 is 18.0 Å². The molecule has 112 valence electrons. The highest BCUT2D eigenvalue weighted by atomic mass is 35.5. The van der Waals surface area contributed by atoms with Crippen LogP contribution in [-0.2, 0) is 6.18 Å². The molecule has 2 N–H and O–H groups in total. The molecule has 2 amide bonds. The first-order valence-corrected chi connectivity index (χ1v) is 5.91. The molecule has 8 heteroatoms. The number of nitrogens with one attached hydrogen (secondary N) is 2. The highest BCUT2D eigenvalue weighted by Crippen LogP contribution is 2.30. The second kappa shape index (κ2) is 6.81. The van der Waals surface area contributed by atoms with Crippen LogP contribution in [0.1, 0.15) is 5.56 Å². The average molecular weight is 310 g/mol. The van der Waals surface area contributed by atoms with Crippen molar-refractivity contribution in [1.29, 1.82) is 0 Å². The van der Waals surface area contributed by atoms with E-state index in [9.17, 15) is 18.0 Å². The number of amides is 2. The van der Waals surface area contributed by atoms with Crippen molar-refractivity contribution in [1.82, 2.24) is 10.2 Å². The molecule has 4 nitrogen and oxygen atoms in total. The molecular formula is C12H15ClF3N3O. The van der Waals surface area contributed by atoms with Crippen molar-refractivity contribution in [2.24, 2.45) is 0 Å². The summed E-state index contributed by atoms with van der Waals surface area (Å²) in [5.41, 5.74) is -0.621. The third-order valence-electron chi connectivity index (χ3n) is 2.85. The highest BCUT2D eigenvalue weighted by Gasteiger charge is 2.30. The number of carbonyl (C=O) groups is 1. The van der Waals surface area contributed by atoms with Gasteiger partial charge >= 0.3 is 12.2 Å². The van der Waals surface area contributed by atoms with E-state index in [1.54, 1.807) is 4.90 Å². The number of benzene rings is 1. The van der Waals surface area contributed by atoms with E-state index in [1.165, 1.54) is 12.1 Å². The molecule has 0 spiro atoms. The minimum Gasteiger partial charge on any atom is -0.322 e. The fraction of sp³-hybridized carbons (Fsp3) is 0.417. The standard InChI is InChI=1S/C12H14F3N3O.ClH/c13-12(14,15)9-2-1-3-10(8-9)17-11(19)18-6-4-16-5-7-18;/h1-3,8,16H,4-7H2,(H,17,19);1H. The van der Waals surface area contributed by atoms with Gasteiger partial charge in [0.15, 0.2) is 0 Å². The number of hydrogen-bond donors (Lipinski definition) is 2. The molecule has 0 aliphatic carbocycles. The molecule has 2 rings (SSSR count). The predicted molar refractivity (Wildman–Crippen MR) is 72.2 cm³/mol. The van der Waals surface area contributed by atoms with E-state index >= 15 is 0 Å². The summed E-state index contributed by atoms with van der Waals surface area (Å²) in [4.78, 5) is 13.4. The molecule has 0 radical (unpaired) electrons. The lowest BCUT2D eigenvalue weighted by molar-refractivity contribution is -0.137. The van der Waals surface area contributed by atoms with E-state index in [0.717, 1.165) is 12.1 Å².